The predicted molar refractivity (Wildman–Crippen MR) is 263 cm³/mol. The third-order valence-corrected chi connectivity index (χ3v) is 26.7. The van der Waals surface area contributed by atoms with Crippen molar-refractivity contribution in [3.63, 3.8) is 0 Å². The van der Waals surface area contributed by atoms with Crippen molar-refractivity contribution in [2.75, 3.05) is 94.0 Å². The van der Waals surface area contributed by atoms with Gasteiger partial charge in [0.15, 0.2) is 0 Å². The van der Waals surface area contributed by atoms with Gasteiger partial charge in [-0.05, 0) is 131 Å². The summed E-state index contributed by atoms with van der Waals surface area (Å²) in [5.74, 6) is 9.59. The van der Waals surface area contributed by atoms with Crippen LogP contribution in [0.25, 0.3) is 0 Å². The van der Waals surface area contributed by atoms with Crippen LogP contribution in [-0.2, 0) is 39.8 Å². The van der Waals surface area contributed by atoms with E-state index in [2.05, 4.69) is 32.4 Å². The summed E-state index contributed by atoms with van der Waals surface area (Å²) in [6, 6.07) is 2.71. The zero-order valence-corrected chi connectivity index (χ0v) is 45.3. The van der Waals surface area contributed by atoms with Gasteiger partial charge in [0.25, 0.3) is 0 Å². The molecule has 1 saturated carbocycles. The number of hydrogen-bond donors (Lipinski definition) is 0. The summed E-state index contributed by atoms with van der Waals surface area (Å²) in [6.07, 6.45) is 11.4. The molecule has 0 radical (unpaired) electrons. The lowest BCUT2D eigenvalue weighted by molar-refractivity contribution is 0.0704. The molecule has 3 atom stereocenters. The molecule has 0 aromatic carbocycles. The molecule has 0 bridgehead atoms. The molecule has 0 N–H and O–H groups in total. The lowest BCUT2D eigenvalue weighted by Gasteiger charge is -2.36. The molecule has 57 heavy (non-hydrogen) atoms. The summed E-state index contributed by atoms with van der Waals surface area (Å²) >= 11 is 0. The average Bonchev–Trinajstić information content (AvgIpc) is 3.18. The highest BCUT2D eigenvalue weighted by molar-refractivity contribution is 8.77. The van der Waals surface area contributed by atoms with Crippen molar-refractivity contribution in [1.82, 2.24) is 0 Å². The molecule has 0 amide bonds. The Labute approximate surface area is 378 Å². The summed E-state index contributed by atoms with van der Waals surface area (Å²) in [5, 5.41) is 0. The van der Waals surface area contributed by atoms with Crippen LogP contribution in [0.5, 0.6) is 0 Å². The molecule has 1 rings (SSSR count). The highest BCUT2D eigenvalue weighted by atomic mass is 33.1. The van der Waals surface area contributed by atoms with E-state index >= 15 is 0 Å². The van der Waals surface area contributed by atoms with Gasteiger partial charge in [-0.1, -0.05) is 71.2 Å². The second kappa shape index (κ2) is 37.7. The normalized spacial score (nSPS) is 18.2. The first-order valence-corrected chi connectivity index (χ1v) is 35.5. The molecule has 0 aromatic heterocycles. The van der Waals surface area contributed by atoms with Gasteiger partial charge in [0.2, 0.25) is 0 Å². The van der Waals surface area contributed by atoms with Gasteiger partial charge < -0.3 is 39.8 Å². The van der Waals surface area contributed by atoms with Crippen molar-refractivity contribution in [2.45, 2.75) is 138 Å². The lowest BCUT2D eigenvalue weighted by atomic mass is 9.71. The monoisotopic (exact) mass is 972 g/mol. The van der Waals surface area contributed by atoms with E-state index in [1.807, 2.05) is 94.7 Å². The predicted octanol–water partition coefficient (Wildman–Crippen LogP) is 12.6. The number of hydrogen-bond acceptors (Lipinski definition) is 15. The smallest absolute Gasteiger partial charge is 0.374 e. The Morgan fingerprint density at radius 2 is 0.632 bits per heavy atom. The zero-order valence-electron chi connectivity index (χ0n) is 37.4. The molecule has 9 nitrogen and oxygen atoms in total. The van der Waals surface area contributed by atoms with E-state index < -0.39 is 26.4 Å². The highest BCUT2D eigenvalue weighted by Gasteiger charge is 2.41. The lowest BCUT2D eigenvalue weighted by Crippen LogP contribution is -2.46. The van der Waals surface area contributed by atoms with Crippen molar-refractivity contribution >= 4 is 91.2 Å². The maximum absolute atomic E-state index is 6.07. The van der Waals surface area contributed by atoms with Crippen LogP contribution >= 0.6 is 64.8 Å². The highest BCUT2D eigenvalue weighted by Crippen LogP contribution is 2.43. The fraction of sp³-hybridized carbons (Fsp3) is 1.00. The van der Waals surface area contributed by atoms with Crippen LogP contribution in [0.1, 0.15) is 120 Å². The van der Waals surface area contributed by atoms with Crippen LogP contribution in [0.15, 0.2) is 0 Å². The van der Waals surface area contributed by atoms with Gasteiger partial charge in [0.1, 0.15) is 0 Å². The summed E-state index contributed by atoms with van der Waals surface area (Å²) in [4.78, 5) is 0. The van der Waals surface area contributed by atoms with E-state index in [1.54, 1.807) is 0 Å². The van der Waals surface area contributed by atoms with E-state index in [9.17, 15) is 0 Å². The Morgan fingerprint density at radius 3 is 0.947 bits per heavy atom. The van der Waals surface area contributed by atoms with Crippen molar-refractivity contribution in [3.8, 4) is 0 Å². The third-order valence-electron chi connectivity index (χ3n) is 9.66. The van der Waals surface area contributed by atoms with Gasteiger partial charge >= 0.3 is 26.4 Å². The van der Waals surface area contributed by atoms with Gasteiger partial charge in [-0.3, -0.25) is 0 Å². The van der Waals surface area contributed by atoms with E-state index in [4.69, 9.17) is 39.8 Å². The standard InChI is InChI=1S/C39H84O9S6Si3/c1-10-40-55(41-11-2,42-12-3)33-19-27-49-52-30-24-37-22-23-38(25-31-53-50-28-20-34-56(43-13-4,44-14-5)45-15-6)39(36-37)26-32-54-51-29-21-35-57(46-16-7,47-17-8)48-18-9/h37-39H,10-36H2,1-9H3. The first kappa shape index (κ1) is 57.4. The summed E-state index contributed by atoms with van der Waals surface area (Å²) in [6.45, 7) is 24.2. The van der Waals surface area contributed by atoms with Crippen LogP contribution in [0, 0.1) is 17.8 Å². The molecule has 1 aliphatic carbocycles. The van der Waals surface area contributed by atoms with Crippen molar-refractivity contribution in [1.29, 1.82) is 0 Å². The van der Waals surface area contributed by atoms with Crippen LogP contribution in [0.4, 0.5) is 0 Å². The molecule has 0 aromatic rings. The molecule has 3 unspecified atom stereocenters. The minimum atomic E-state index is -2.55. The van der Waals surface area contributed by atoms with Crippen LogP contribution in [-0.4, -0.2) is 120 Å². The molecule has 18 heteroatoms. The van der Waals surface area contributed by atoms with E-state index in [1.165, 1.54) is 55.8 Å². The molecule has 0 aliphatic heterocycles. The van der Waals surface area contributed by atoms with E-state index in [0.29, 0.717) is 59.5 Å². The zero-order chi connectivity index (χ0) is 41.9. The summed E-state index contributed by atoms with van der Waals surface area (Å²) in [7, 11) is 4.65. The first-order chi connectivity index (χ1) is 27.8. The molecule has 342 valence electrons. The minimum absolute atomic E-state index is 0.645. The van der Waals surface area contributed by atoms with Crippen LogP contribution < -0.4 is 0 Å². The molecule has 1 fully saturated rings. The Kier molecular flexibility index (Phi) is 38.0. The van der Waals surface area contributed by atoms with E-state index in [-0.39, 0.29) is 0 Å². The van der Waals surface area contributed by atoms with Gasteiger partial charge in [-0.25, -0.2) is 0 Å². The molecule has 0 heterocycles. The number of rotatable bonds is 42. The Balaban J connectivity index is 2.60. The molecular weight excluding hydrogens is 889 g/mol. The molecule has 0 spiro atoms. The molecule has 1 aliphatic rings. The fourth-order valence-corrected chi connectivity index (χ4v) is 22.8. The quantitative estimate of drug-likeness (QED) is 0.0330. The minimum Gasteiger partial charge on any atom is -0.374 e. The maximum atomic E-state index is 6.07. The summed E-state index contributed by atoms with van der Waals surface area (Å²) < 4.78 is 54.6. The topological polar surface area (TPSA) is 83.1 Å². The van der Waals surface area contributed by atoms with E-state index in [0.717, 1.165) is 72.4 Å². The second-order valence-electron chi connectivity index (χ2n) is 13.8. The Morgan fingerprint density at radius 1 is 0.351 bits per heavy atom. The largest absolute Gasteiger partial charge is 0.500 e. The van der Waals surface area contributed by atoms with Gasteiger partial charge in [-0.15, -0.1) is 0 Å². The molecule has 0 saturated heterocycles. The third kappa shape index (κ3) is 26.1. The maximum Gasteiger partial charge on any atom is 0.500 e. The Hall–Kier alpha value is 2.39. The fourth-order valence-electron chi connectivity index (χ4n) is 7.43. The van der Waals surface area contributed by atoms with Gasteiger partial charge in [-0.2, -0.15) is 0 Å². The average molecular weight is 974 g/mol. The summed E-state index contributed by atoms with van der Waals surface area (Å²) in [5.41, 5.74) is 0. The van der Waals surface area contributed by atoms with Crippen LogP contribution in [0.2, 0.25) is 18.1 Å². The van der Waals surface area contributed by atoms with Gasteiger partial charge in [0.05, 0.1) is 0 Å². The Bertz CT molecular complexity index is 863. The SMILES string of the molecule is CCO[Si](CCCSSCCC1CCC(CCSSCCC[Si](OCC)(OCC)OCC)C(CCSSCCC[Si](OCC)(OCC)OCC)C1)(OCC)OCC. The van der Waals surface area contributed by atoms with Crippen molar-refractivity contribution in [2.24, 2.45) is 17.8 Å². The first-order valence-electron chi connectivity index (χ1n) is 22.3. The van der Waals surface area contributed by atoms with Crippen molar-refractivity contribution < 1.29 is 39.8 Å². The second-order valence-corrected chi connectivity index (χ2v) is 30.1. The molecular formula is C39H84O9S6Si3. The van der Waals surface area contributed by atoms with Crippen LogP contribution in [0.3, 0.4) is 0 Å². The van der Waals surface area contributed by atoms with Crippen molar-refractivity contribution in [3.05, 3.63) is 0 Å². The van der Waals surface area contributed by atoms with Gasteiger partial charge in [0, 0.05) is 112 Å².